The molecule has 0 radical (unpaired) electrons. The molecule has 2 N–H and O–H groups in total. The number of Topliss-reactive ketones (excluding diaryl/α,β-unsaturated/α-hetero) is 1. The third-order valence-electron chi connectivity index (χ3n) is 3.74. The predicted octanol–water partition coefficient (Wildman–Crippen LogP) is 1.53. The second kappa shape index (κ2) is 7.77. The number of hydrogen-bond donors (Lipinski definition) is 2. The second-order valence-electron chi connectivity index (χ2n) is 5.97. The van der Waals surface area contributed by atoms with Crippen molar-refractivity contribution in [1.82, 2.24) is 5.32 Å². The lowest BCUT2D eigenvalue weighted by Gasteiger charge is -2.25. The molecule has 6 nitrogen and oxygen atoms in total. The maximum atomic E-state index is 12.2. The Kier molecular flexibility index (Phi) is 5.98. The maximum absolute atomic E-state index is 12.2. The average Bonchev–Trinajstić information content (AvgIpc) is 2.53. The van der Waals surface area contributed by atoms with Gasteiger partial charge < -0.3 is 24.6 Å². The van der Waals surface area contributed by atoms with Crippen LogP contribution in [0.15, 0.2) is 12.1 Å². The van der Waals surface area contributed by atoms with Crippen molar-refractivity contribution in [3.8, 4) is 11.5 Å². The summed E-state index contributed by atoms with van der Waals surface area (Å²) >= 11 is 0. The summed E-state index contributed by atoms with van der Waals surface area (Å²) in [6, 6.07) is 3.73. The standard InChI is InChI=1S/C17H25NO5/c1-10(2)18-7-12(19)8-23-17-14-9-22-11(3)16(20)13(14)5-6-15(17)21-4/h5-6,10-12,18-19H,7-9H2,1-4H3. The second-order valence-corrected chi connectivity index (χ2v) is 5.97. The quantitative estimate of drug-likeness (QED) is 0.792. The van der Waals surface area contributed by atoms with Gasteiger partial charge in [-0.3, -0.25) is 4.79 Å². The molecule has 0 bridgehead atoms. The Morgan fingerprint density at radius 1 is 1.43 bits per heavy atom. The van der Waals surface area contributed by atoms with Gasteiger partial charge in [-0.05, 0) is 19.1 Å². The number of methoxy groups -OCH3 is 1. The van der Waals surface area contributed by atoms with Crippen molar-refractivity contribution in [2.24, 2.45) is 0 Å². The Morgan fingerprint density at radius 2 is 2.17 bits per heavy atom. The van der Waals surface area contributed by atoms with Crippen LogP contribution in [-0.4, -0.2) is 49.4 Å². The summed E-state index contributed by atoms with van der Waals surface area (Å²) in [6.45, 7) is 6.58. The van der Waals surface area contributed by atoms with E-state index in [9.17, 15) is 9.90 Å². The summed E-state index contributed by atoms with van der Waals surface area (Å²) in [7, 11) is 1.54. The van der Waals surface area contributed by atoms with E-state index >= 15 is 0 Å². The van der Waals surface area contributed by atoms with Gasteiger partial charge in [0.1, 0.15) is 18.8 Å². The van der Waals surface area contributed by atoms with E-state index in [-0.39, 0.29) is 25.0 Å². The van der Waals surface area contributed by atoms with Gasteiger partial charge in [-0.2, -0.15) is 0 Å². The number of hydrogen-bond acceptors (Lipinski definition) is 6. The van der Waals surface area contributed by atoms with Crippen LogP contribution in [0.3, 0.4) is 0 Å². The van der Waals surface area contributed by atoms with Gasteiger partial charge in [0.05, 0.1) is 13.7 Å². The number of nitrogens with one attached hydrogen (secondary N) is 1. The Morgan fingerprint density at radius 3 is 2.83 bits per heavy atom. The van der Waals surface area contributed by atoms with Gasteiger partial charge in [0.2, 0.25) is 0 Å². The molecule has 0 saturated heterocycles. The summed E-state index contributed by atoms with van der Waals surface area (Å²) in [5.41, 5.74) is 1.27. The lowest BCUT2D eigenvalue weighted by molar-refractivity contribution is 0.0316. The van der Waals surface area contributed by atoms with Crippen molar-refractivity contribution in [2.45, 2.75) is 45.6 Å². The van der Waals surface area contributed by atoms with E-state index in [1.165, 1.54) is 0 Å². The zero-order valence-electron chi connectivity index (χ0n) is 14.1. The van der Waals surface area contributed by atoms with Crippen molar-refractivity contribution in [1.29, 1.82) is 0 Å². The molecule has 2 unspecified atom stereocenters. The van der Waals surface area contributed by atoms with Crippen LogP contribution in [0.2, 0.25) is 0 Å². The van der Waals surface area contributed by atoms with Gasteiger partial charge >= 0.3 is 0 Å². The number of carbonyl (C=O) groups excluding carboxylic acids is 1. The largest absolute Gasteiger partial charge is 0.493 e. The molecule has 1 aromatic carbocycles. The third-order valence-corrected chi connectivity index (χ3v) is 3.74. The van der Waals surface area contributed by atoms with Crippen molar-refractivity contribution in [3.63, 3.8) is 0 Å². The van der Waals surface area contributed by atoms with Crippen LogP contribution >= 0.6 is 0 Å². The van der Waals surface area contributed by atoms with E-state index in [0.29, 0.717) is 29.2 Å². The molecule has 1 aromatic rings. The molecule has 2 atom stereocenters. The van der Waals surface area contributed by atoms with E-state index in [1.807, 2.05) is 13.8 Å². The van der Waals surface area contributed by atoms with Gasteiger partial charge in [-0.1, -0.05) is 13.8 Å². The minimum atomic E-state index is -0.655. The molecule has 128 valence electrons. The molecule has 0 aliphatic carbocycles. The molecule has 1 aliphatic rings. The molecule has 6 heteroatoms. The van der Waals surface area contributed by atoms with Crippen LogP contribution < -0.4 is 14.8 Å². The van der Waals surface area contributed by atoms with E-state index in [1.54, 1.807) is 26.2 Å². The number of benzene rings is 1. The topological polar surface area (TPSA) is 77.0 Å². The van der Waals surface area contributed by atoms with Crippen molar-refractivity contribution in [2.75, 3.05) is 20.3 Å². The summed E-state index contributed by atoms with van der Waals surface area (Å²) in [6.07, 6.45) is -1.11. The van der Waals surface area contributed by atoms with Crippen molar-refractivity contribution < 1.29 is 24.1 Å². The van der Waals surface area contributed by atoms with Gasteiger partial charge in [-0.15, -0.1) is 0 Å². The molecule has 0 spiro atoms. The maximum Gasteiger partial charge on any atom is 0.191 e. The van der Waals surface area contributed by atoms with Crippen LogP contribution in [0.5, 0.6) is 11.5 Å². The number of aliphatic hydroxyl groups is 1. The van der Waals surface area contributed by atoms with Crippen LogP contribution in [0, 0.1) is 0 Å². The smallest absolute Gasteiger partial charge is 0.191 e. The first-order valence-electron chi connectivity index (χ1n) is 7.84. The van der Waals surface area contributed by atoms with Crippen molar-refractivity contribution in [3.05, 3.63) is 23.3 Å². The number of aliphatic hydroxyl groups excluding tert-OH is 1. The average molecular weight is 323 g/mol. The highest BCUT2D eigenvalue weighted by molar-refractivity contribution is 6.02. The fourth-order valence-electron chi connectivity index (χ4n) is 2.41. The molecule has 0 fully saturated rings. The molecule has 2 rings (SSSR count). The van der Waals surface area contributed by atoms with Crippen molar-refractivity contribution >= 4 is 5.78 Å². The highest BCUT2D eigenvalue weighted by Gasteiger charge is 2.29. The monoisotopic (exact) mass is 323 g/mol. The number of fused-ring (bicyclic) bond motifs is 1. The molecular formula is C17H25NO5. The van der Waals surface area contributed by atoms with E-state index < -0.39 is 12.2 Å². The highest BCUT2D eigenvalue weighted by atomic mass is 16.5. The Labute approximate surface area is 136 Å². The Balaban J connectivity index is 2.15. The number of ether oxygens (including phenoxy) is 3. The number of carbonyl (C=O) groups is 1. The SMILES string of the molecule is COc1ccc2c(c1OCC(O)CNC(C)C)COC(C)C2=O. The van der Waals surface area contributed by atoms with E-state index in [2.05, 4.69) is 5.32 Å². The minimum absolute atomic E-state index is 0.0687. The first-order chi connectivity index (χ1) is 10.9. The van der Waals surface area contributed by atoms with Crippen LogP contribution in [0.1, 0.15) is 36.7 Å². The van der Waals surface area contributed by atoms with Crippen LogP contribution in [0.4, 0.5) is 0 Å². The summed E-state index contributed by atoms with van der Waals surface area (Å²) in [4.78, 5) is 12.2. The first-order valence-corrected chi connectivity index (χ1v) is 7.84. The highest BCUT2D eigenvalue weighted by Crippen LogP contribution is 2.37. The molecule has 23 heavy (non-hydrogen) atoms. The fraction of sp³-hybridized carbons (Fsp3) is 0.588. The fourth-order valence-corrected chi connectivity index (χ4v) is 2.41. The first kappa shape index (κ1) is 17.7. The van der Waals surface area contributed by atoms with Gasteiger partial charge in [-0.25, -0.2) is 0 Å². The van der Waals surface area contributed by atoms with Gasteiger partial charge in [0.15, 0.2) is 17.3 Å². The zero-order valence-corrected chi connectivity index (χ0v) is 14.1. The van der Waals surface area contributed by atoms with Gasteiger partial charge in [0.25, 0.3) is 0 Å². The molecule has 0 saturated carbocycles. The lowest BCUT2D eigenvalue weighted by Crippen LogP contribution is -2.35. The molecule has 1 aliphatic heterocycles. The molecule has 0 aromatic heterocycles. The third kappa shape index (κ3) is 4.22. The minimum Gasteiger partial charge on any atom is -0.493 e. The zero-order chi connectivity index (χ0) is 17.0. The lowest BCUT2D eigenvalue weighted by atomic mass is 9.97. The Bertz CT molecular complexity index is 558. The normalized spacial score (nSPS) is 18.7. The predicted molar refractivity (Wildman–Crippen MR) is 86.2 cm³/mol. The number of ketones is 1. The van der Waals surface area contributed by atoms with Gasteiger partial charge in [0, 0.05) is 23.7 Å². The van der Waals surface area contributed by atoms with E-state index in [0.717, 1.165) is 0 Å². The molecular weight excluding hydrogens is 298 g/mol. The number of rotatable bonds is 7. The Hall–Kier alpha value is -1.63. The van der Waals surface area contributed by atoms with Crippen LogP contribution in [-0.2, 0) is 11.3 Å². The molecule has 0 amide bonds. The molecule has 1 heterocycles. The summed E-state index contributed by atoms with van der Waals surface area (Å²) in [5, 5.41) is 13.1. The summed E-state index contributed by atoms with van der Waals surface area (Å²) in [5.74, 6) is 0.924. The van der Waals surface area contributed by atoms with E-state index in [4.69, 9.17) is 14.2 Å². The van der Waals surface area contributed by atoms with Crippen LogP contribution in [0.25, 0.3) is 0 Å². The summed E-state index contributed by atoms with van der Waals surface area (Å²) < 4.78 is 16.6.